The maximum Gasteiger partial charge on any atom is 0.258 e. The van der Waals surface area contributed by atoms with Gasteiger partial charge in [0.15, 0.2) is 5.82 Å². The number of benzene rings is 2. The number of carbonyl (C=O) groups is 2. The molecule has 3 N–H and O–H groups in total. The van der Waals surface area contributed by atoms with Crippen molar-refractivity contribution in [3.8, 4) is 11.4 Å². The van der Waals surface area contributed by atoms with E-state index in [-0.39, 0.29) is 17.8 Å². The summed E-state index contributed by atoms with van der Waals surface area (Å²) < 4.78 is 0. The van der Waals surface area contributed by atoms with Gasteiger partial charge in [-0.2, -0.15) is 4.98 Å². The summed E-state index contributed by atoms with van der Waals surface area (Å²) in [5.74, 6) is 0.114. The number of aryl methyl sites for hydroxylation is 1. The van der Waals surface area contributed by atoms with Gasteiger partial charge in [-0.15, -0.1) is 16.4 Å². The number of carbonyl (C=O) groups excluding carboxylic acids is 2. The minimum Gasteiger partial charge on any atom is -0.326 e. The van der Waals surface area contributed by atoms with Gasteiger partial charge in [-0.25, -0.2) is 0 Å². The number of aromatic amines is 1. The van der Waals surface area contributed by atoms with Crippen LogP contribution in [0.25, 0.3) is 11.4 Å². The first-order valence-electron chi connectivity index (χ1n) is 9.99. The van der Waals surface area contributed by atoms with Crippen molar-refractivity contribution in [1.29, 1.82) is 0 Å². The van der Waals surface area contributed by atoms with Crippen LogP contribution in [0.1, 0.15) is 28.1 Å². The molecule has 0 radical (unpaired) electrons. The van der Waals surface area contributed by atoms with Crippen molar-refractivity contribution >= 4 is 46.4 Å². The van der Waals surface area contributed by atoms with E-state index in [1.165, 1.54) is 4.88 Å². The summed E-state index contributed by atoms with van der Waals surface area (Å²) in [6, 6.07) is 18.0. The molecule has 0 aliphatic heterocycles. The third-order valence-corrected chi connectivity index (χ3v) is 5.92. The average molecular weight is 466 g/mol. The lowest BCUT2D eigenvalue weighted by atomic mass is 10.1. The summed E-state index contributed by atoms with van der Waals surface area (Å²) in [5, 5.41) is 14.9. The van der Waals surface area contributed by atoms with Crippen molar-refractivity contribution in [2.75, 3.05) is 10.6 Å². The normalized spacial score (nSPS) is 10.7. The van der Waals surface area contributed by atoms with E-state index in [0.717, 1.165) is 12.8 Å². The van der Waals surface area contributed by atoms with Crippen LogP contribution in [-0.4, -0.2) is 27.0 Å². The zero-order chi connectivity index (χ0) is 22.3. The minimum absolute atomic E-state index is 0.0857. The van der Waals surface area contributed by atoms with Gasteiger partial charge >= 0.3 is 0 Å². The van der Waals surface area contributed by atoms with Crippen LogP contribution in [-0.2, 0) is 11.2 Å². The number of hydrogen-bond donors (Lipinski definition) is 3. The van der Waals surface area contributed by atoms with Gasteiger partial charge in [0.2, 0.25) is 11.9 Å². The molecule has 4 aromatic rings. The molecule has 9 heteroatoms. The second-order valence-corrected chi connectivity index (χ2v) is 8.44. The highest BCUT2D eigenvalue weighted by molar-refractivity contribution is 7.09. The van der Waals surface area contributed by atoms with E-state index in [2.05, 4.69) is 31.9 Å². The number of thiophene rings is 1. The van der Waals surface area contributed by atoms with Crippen LogP contribution in [0.5, 0.6) is 0 Å². The molecule has 0 aliphatic rings. The fourth-order valence-electron chi connectivity index (χ4n) is 3.10. The van der Waals surface area contributed by atoms with Gasteiger partial charge in [0, 0.05) is 28.1 Å². The number of anilines is 2. The number of nitrogens with one attached hydrogen (secondary N) is 3. The molecular weight excluding hydrogens is 446 g/mol. The molecule has 0 spiro atoms. The Hall–Kier alpha value is -3.49. The molecule has 0 atom stereocenters. The summed E-state index contributed by atoms with van der Waals surface area (Å²) in [4.78, 5) is 30.4. The fourth-order valence-corrected chi connectivity index (χ4v) is 4.08. The van der Waals surface area contributed by atoms with E-state index in [0.29, 0.717) is 34.1 Å². The molecule has 0 fully saturated rings. The summed E-state index contributed by atoms with van der Waals surface area (Å²) >= 11 is 7.87. The molecule has 0 saturated carbocycles. The van der Waals surface area contributed by atoms with E-state index in [9.17, 15) is 9.59 Å². The van der Waals surface area contributed by atoms with Gasteiger partial charge < -0.3 is 5.32 Å². The number of amides is 2. The Bertz CT molecular complexity index is 1220. The van der Waals surface area contributed by atoms with Crippen molar-refractivity contribution in [1.82, 2.24) is 15.2 Å². The predicted octanol–water partition coefficient (Wildman–Crippen LogP) is 5.40. The first-order valence-corrected chi connectivity index (χ1v) is 11.3. The third kappa shape index (κ3) is 5.60. The molecule has 0 saturated heterocycles. The zero-order valence-electron chi connectivity index (χ0n) is 17.0. The largest absolute Gasteiger partial charge is 0.326 e. The average Bonchev–Trinajstić information content (AvgIpc) is 3.47. The summed E-state index contributed by atoms with van der Waals surface area (Å²) in [7, 11) is 0. The van der Waals surface area contributed by atoms with E-state index < -0.39 is 0 Å². The Kier molecular flexibility index (Phi) is 6.94. The molecule has 0 unspecified atom stereocenters. The van der Waals surface area contributed by atoms with Crippen LogP contribution in [0.2, 0.25) is 5.02 Å². The molecule has 7 nitrogen and oxygen atoms in total. The monoisotopic (exact) mass is 465 g/mol. The van der Waals surface area contributed by atoms with Gasteiger partial charge in [0.1, 0.15) is 0 Å². The van der Waals surface area contributed by atoms with Crippen molar-refractivity contribution in [3.05, 3.63) is 81.5 Å². The summed E-state index contributed by atoms with van der Waals surface area (Å²) in [6.45, 7) is 0. The summed E-state index contributed by atoms with van der Waals surface area (Å²) in [6.07, 6.45) is 2.06. The van der Waals surface area contributed by atoms with E-state index in [1.807, 2.05) is 23.6 Å². The second kappa shape index (κ2) is 10.2. The number of hydrogen-bond acceptors (Lipinski definition) is 5. The zero-order valence-corrected chi connectivity index (χ0v) is 18.5. The lowest BCUT2D eigenvalue weighted by Crippen LogP contribution is -2.15. The van der Waals surface area contributed by atoms with E-state index in [4.69, 9.17) is 11.6 Å². The molecule has 0 bridgehead atoms. The molecule has 162 valence electrons. The first-order chi connectivity index (χ1) is 15.6. The molecule has 4 rings (SSSR count). The van der Waals surface area contributed by atoms with E-state index in [1.54, 1.807) is 47.7 Å². The molecule has 2 aromatic carbocycles. The van der Waals surface area contributed by atoms with Crippen LogP contribution in [0.3, 0.4) is 0 Å². The van der Waals surface area contributed by atoms with Gasteiger partial charge in [-0.05, 0) is 54.6 Å². The van der Waals surface area contributed by atoms with Crippen molar-refractivity contribution < 1.29 is 9.59 Å². The van der Waals surface area contributed by atoms with Crippen molar-refractivity contribution in [2.45, 2.75) is 19.3 Å². The fraction of sp³-hybridized carbons (Fsp3) is 0.130. The van der Waals surface area contributed by atoms with Gasteiger partial charge in [-0.3, -0.25) is 20.0 Å². The van der Waals surface area contributed by atoms with Crippen LogP contribution in [0.15, 0.2) is 66.0 Å². The predicted molar refractivity (Wildman–Crippen MR) is 127 cm³/mol. The van der Waals surface area contributed by atoms with Crippen LogP contribution >= 0.6 is 22.9 Å². The SMILES string of the molecule is O=C(CCCc1cccs1)Nc1cccc(C(=O)Nc2n[nH]c(-c3ccccc3Cl)n2)c1. The molecule has 2 aromatic heterocycles. The molecule has 2 amide bonds. The van der Waals surface area contributed by atoms with Gasteiger partial charge in [0.25, 0.3) is 5.91 Å². The van der Waals surface area contributed by atoms with Crippen LogP contribution < -0.4 is 10.6 Å². The van der Waals surface area contributed by atoms with Gasteiger partial charge in [0.05, 0.1) is 5.02 Å². The van der Waals surface area contributed by atoms with Crippen LogP contribution in [0.4, 0.5) is 11.6 Å². The number of rotatable bonds is 8. The number of nitrogens with zero attached hydrogens (tertiary/aromatic N) is 2. The topological polar surface area (TPSA) is 99.8 Å². The standard InChI is InChI=1S/C23H20ClN5O2S/c24-19-11-2-1-10-18(19)21-26-23(29-28-21)27-22(31)15-6-3-7-16(14-15)25-20(30)12-4-8-17-9-5-13-32-17/h1-3,5-7,9-11,13-14H,4,8,12H2,(H,25,30)(H2,26,27,28,29,31). The third-order valence-electron chi connectivity index (χ3n) is 4.66. The Morgan fingerprint density at radius 3 is 2.72 bits per heavy atom. The maximum absolute atomic E-state index is 12.6. The van der Waals surface area contributed by atoms with Crippen molar-refractivity contribution in [2.24, 2.45) is 0 Å². The molecule has 2 heterocycles. The quantitative estimate of drug-likeness (QED) is 0.324. The first kappa shape index (κ1) is 21.7. The smallest absolute Gasteiger partial charge is 0.258 e. The molecule has 32 heavy (non-hydrogen) atoms. The number of H-pyrrole nitrogens is 1. The summed E-state index contributed by atoms with van der Waals surface area (Å²) in [5.41, 5.74) is 1.63. The Balaban J connectivity index is 1.34. The minimum atomic E-state index is -0.386. The Morgan fingerprint density at radius 1 is 1.03 bits per heavy atom. The highest BCUT2D eigenvalue weighted by Gasteiger charge is 2.13. The highest BCUT2D eigenvalue weighted by atomic mass is 35.5. The van der Waals surface area contributed by atoms with E-state index >= 15 is 0 Å². The van der Waals surface area contributed by atoms with Gasteiger partial charge in [-0.1, -0.05) is 35.9 Å². The lowest BCUT2D eigenvalue weighted by Gasteiger charge is -2.07. The number of aromatic nitrogens is 3. The molecule has 0 aliphatic carbocycles. The van der Waals surface area contributed by atoms with Crippen molar-refractivity contribution in [3.63, 3.8) is 0 Å². The van der Waals surface area contributed by atoms with Crippen LogP contribution in [0, 0.1) is 0 Å². The lowest BCUT2D eigenvalue weighted by molar-refractivity contribution is -0.116. The maximum atomic E-state index is 12.6. The Labute approximate surface area is 193 Å². The number of halogens is 1. The second-order valence-electron chi connectivity index (χ2n) is 7.00. The Morgan fingerprint density at radius 2 is 1.91 bits per heavy atom. The highest BCUT2D eigenvalue weighted by Crippen LogP contribution is 2.25. The molecular formula is C23H20ClN5O2S.